The Morgan fingerprint density at radius 2 is 2.15 bits per heavy atom. The smallest absolute Gasteiger partial charge is 0.336 e. The number of methoxy groups -OCH3 is 1. The summed E-state index contributed by atoms with van der Waals surface area (Å²) in [5.41, 5.74) is 0.461. The van der Waals surface area contributed by atoms with Gasteiger partial charge in [0.25, 0.3) is 0 Å². The molecule has 0 amide bonds. The highest BCUT2D eigenvalue weighted by molar-refractivity contribution is 5.89. The van der Waals surface area contributed by atoms with Crippen LogP contribution in [-0.2, 0) is 16.1 Å². The van der Waals surface area contributed by atoms with E-state index in [4.69, 9.17) is 14.6 Å². The lowest BCUT2D eigenvalue weighted by molar-refractivity contribution is -0.0366. The molecule has 1 N–H and O–H groups in total. The van der Waals surface area contributed by atoms with E-state index in [0.29, 0.717) is 5.56 Å². The van der Waals surface area contributed by atoms with Crippen LogP contribution in [0.3, 0.4) is 0 Å². The summed E-state index contributed by atoms with van der Waals surface area (Å²) in [6.07, 6.45) is 4.01. The third-order valence-electron chi connectivity index (χ3n) is 3.68. The molecule has 2 atom stereocenters. The van der Waals surface area contributed by atoms with Gasteiger partial charge in [-0.25, -0.2) is 9.18 Å². The second-order valence-corrected chi connectivity index (χ2v) is 5.06. The maximum atomic E-state index is 13.2. The molecule has 0 radical (unpaired) electrons. The summed E-state index contributed by atoms with van der Waals surface area (Å²) in [7, 11) is 1.68. The minimum Gasteiger partial charge on any atom is -0.478 e. The van der Waals surface area contributed by atoms with Crippen LogP contribution in [0.2, 0.25) is 0 Å². The van der Waals surface area contributed by atoms with Gasteiger partial charge in [0.15, 0.2) is 0 Å². The molecule has 2 rings (SSSR count). The summed E-state index contributed by atoms with van der Waals surface area (Å²) in [6.45, 7) is 0.112. The van der Waals surface area contributed by atoms with E-state index in [1.165, 1.54) is 12.1 Å². The van der Waals surface area contributed by atoms with E-state index in [-0.39, 0.29) is 24.4 Å². The lowest BCUT2D eigenvalue weighted by Gasteiger charge is -2.28. The predicted molar refractivity (Wildman–Crippen MR) is 71.2 cm³/mol. The van der Waals surface area contributed by atoms with Crippen LogP contribution < -0.4 is 0 Å². The average molecular weight is 282 g/mol. The Morgan fingerprint density at radius 3 is 2.85 bits per heavy atom. The number of carboxylic acids is 1. The first-order valence-corrected chi connectivity index (χ1v) is 6.76. The van der Waals surface area contributed by atoms with E-state index in [1.807, 2.05) is 0 Å². The summed E-state index contributed by atoms with van der Waals surface area (Å²) in [6, 6.07) is 3.64. The van der Waals surface area contributed by atoms with E-state index >= 15 is 0 Å². The second kappa shape index (κ2) is 6.81. The van der Waals surface area contributed by atoms with Crippen molar-refractivity contribution in [2.75, 3.05) is 7.11 Å². The van der Waals surface area contributed by atoms with Gasteiger partial charge in [0.05, 0.1) is 24.4 Å². The maximum Gasteiger partial charge on any atom is 0.336 e. The number of rotatable bonds is 5. The van der Waals surface area contributed by atoms with E-state index in [2.05, 4.69) is 0 Å². The molecule has 0 spiro atoms. The zero-order valence-electron chi connectivity index (χ0n) is 11.5. The Balaban J connectivity index is 1.99. The monoisotopic (exact) mass is 282 g/mol. The molecule has 0 aromatic heterocycles. The Bertz CT molecular complexity index is 475. The van der Waals surface area contributed by atoms with Crippen LogP contribution >= 0.6 is 0 Å². The summed E-state index contributed by atoms with van der Waals surface area (Å²) in [4.78, 5) is 11.1. The number of carboxylic acid groups (broad SMARTS) is 1. The molecule has 1 aliphatic rings. The fraction of sp³-hybridized carbons (Fsp3) is 0.533. The highest BCUT2D eigenvalue weighted by atomic mass is 19.1. The van der Waals surface area contributed by atoms with Gasteiger partial charge in [0.2, 0.25) is 0 Å². The number of carbonyl (C=O) groups is 1. The Hall–Kier alpha value is -1.46. The fourth-order valence-electron chi connectivity index (χ4n) is 2.57. The van der Waals surface area contributed by atoms with Gasteiger partial charge in [-0.3, -0.25) is 0 Å². The van der Waals surface area contributed by atoms with Gasteiger partial charge >= 0.3 is 5.97 Å². The number of benzene rings is 1. The topological polar surface area (TPSA) is 55.8 Å². The zero-order chi connectivity index (χ0) is 14.5. The van der Waals surface area contributed by atoms with Crippen LogP contribution in [0.1, 0.15) is 41.6 Å². The lowest BCUT2D eigenvalue weighted by atomic mass is 9.95. The van der Waals surface area contributed by atoms with Gasteiger partial charge in [-0.05, 0) is 49.4 Å². The van der Waals surface area contributed by atoms with Crippen molar-refractivity contribution in [1.29, 1.82) is 0 Å². The molecular formula is C15H19FO4. The number of ether oxygens (including phenoxy) is 2. The van der Waals surface area contributed by atoms with Crippen LogP contribution in [0.4, 0.5) is 4.39 Å². The van der Waals surface area contributed by atoms with Crippen LogP contribution in [-0.4, -0.2) is 30.4 Å². The van der Waals surface area contributed by atoms with Gasteiger partial charge in [-0.2, -0.15) is 0 Å². The van der Waals surface area contributed by atoms with E-state index in [1.54, 1.807) is 7.11 Å². The zero-order valence-corrected chi connectivity index (χ0v) is 11.5. The van der Waals surface area contributed by atoms with Crippen molar-refractivity contribution in [2.24, 2.45) is 0 Å². The number of aromatic carboxylic acids is 1. The number of hydrogen-bond acceptors (Lipinski definition) is 3. The molecule has 0 bridgehead atoms. The van der Waals surface area contributed by atoms with Crippen molar-refractivity contribution in [3.05, 3.63) is 35.1 Å². The van der Waals surface area contributed by atoms with Gasteiger partial charge in [0.1, 0.15) is 5.82 Å². The molecule has 1 aromatic rings. The third kappa shape index (κ3) is 3.77. The minimum atomic E-state index is -1.07. The molecule has 5 heteroatoms. The molecule has 1 aromatic carbocycles. The first kappa shape index (κ1) is 14.9. The highest BCUT2D eigenvalue weighted by Gasteiger charge is 2.22. The van der Waals surface area contributed by atoms with Crippen molar-refractivity contribution in [2.45, 2.75) is 44.5 Å². The molecule has 2 unspecified atom stereocenters. The van der Waals surface area contributed by atoms with E-state index in [0.717, 1.165) is 31.7 Å². The molecule has 0 saturated heterocycles. The first-order valence-electron chi connectivity index (χ1n) is 6.76. The SMILES string of the molecule is COC1CCCC(OCc2cc(F)ccc2C(=O)O)C1. The predicted octanol–water partition coefficient (Wildman–Crippen LogP) is 3.00. The van der Waals surface area contributed by atoms with Gasteiger partial charge < -0.3 is 14.6 Å². The minimum absolute atomic E-state index is 0.0404. The molecule has 20 heavy (non-hydrogen) atoms. The molecular weight excluding hydrogens is 263 g/mol. The summed E-state index contributed by atoms with van der Waals surface area (Å²) >= 11 is 0. The number of hydrogen-bond donors (Lipinski definition) is 1. The summed E-state index contributed by atoms with van der Waals surface area (Å²) < 4.78 is 24.3. The van der Waals surface area contributed by atoms with Crippen molar-refractivity contribution in [1.82, 2.24) is 0 Å². The maximum absolute atomic E-state index is 13.2. The van der Waals surface area contributed by atoms with Gasteiger partial charge in [0, 0.05) is 7.11 Å². The largest absolute Gasteiger partial charge is 0.478 e. The second-order valence-electron chi connectivity index (χ2n) is 5.06. The van der Waals surface area contributed by atoms with E-state index < -0.39 is 11.8 Å². The summed E-state index contributed by atoms with van der Waals surface area (Å²) in [5.74, 6) is -1.52. The standard InChI is InChI=1S/C15H19FO4/c1-19-12-3-2-4-13(8-12)20-9-10-7-11(16)5-6-14(10)15(17)18/h5-7,12-13H,2-4,8-9H2,1H3,(H,17,18). The molecule has 1 fully saturated rings. The van der Waals surface area contributed by atoms with Crippen molar-refractivity contribution in [3.63, 3.8) is 0 Å². The Kier molecular flexibility index (Phi) is 5.09. The fourth-order valence-corrected chi connectivity index (χ4v) is 2.57. The Morgan fingerprint density at radius 1 is 1.40 bits per heavy atom. The summed E-state index contributed by atoms with van der Waals surface area (Å²) in [5, 5.41) is 9.08. The molecule has 110 valence electrons. The highest BCUT2D eigenvalue weighted by Crippen LogP contribution is 2.24. The normalized spacial score (nSPS) is 22.7. The molecule has 0 aliphatic heterocycles. The van der Waals surface area contributed by atoms with Crippen molar-refractivity contribution >= 4 is 5.97 Å². The first-order chi connectivity index (χ1) is 9.60. The van der Waals surface area contributed by atoms with Crippen LogP contribution in [0.25, 0.3) is 0 Å². The molecule has 1 aliphatic carbocycles. The average Bonchev–Trinajstić information content (AvgIpc) is 2.45. The molecule has 4 nitrogen and oxygen atoms in total. The van der Waals surface area contributed by atoms with Crippen molar-refractivity contribution in [3.8, 4) is 0 Å². The quantitative estimate of drug-likeness (QED) is 0.902. The van der Waals surface area contributed by atoms with Crippen LogP contribution in [0, 0.1) is 5.82 Å². The van der Waals surface area contributed by atoms with Crippen LogP contribution in [0.5, 0.6) is 0 Å². The molecule has 0 heterocycles. The molecule has 1 saturated carbocycles. The van der Waals surface area contributed by atoms with E-state index in [9.17, 15) is 9.18 Å². The number of halogens is 1. The van der Waals surface area contributed by atoms with Crippen molar-refractivity contribution < 1.29 is 23.8 Å². The Labute approximate surface area is 117 Å². The third-order valence-corrected chi connectivity index (χ3v) is 3.68. The van der Waals surface area contributed by atoms with Crippen LogP contribution in [0.15, 0.2) is 18.2 Å². The lowest BCUT2D eigenvalue weighted by Crippen LogP contribution is -2.27. The van der Waals surface area contributed by atoms with Gasteiger partial charge in [-0.15, -0.1) is 0 Å². The van der Waals surface area contributed by atoms with Gasteiger partial charge in [-0.1, -0.05) is 0 Å².